The molecule has 6 heteroatoms. The van der Waals surface area contributed by atoms with Crippen molar-refractivity contribution in [1.82, 2.24) is 4.98 Å². The summed E-state index contributed by atoms with van der Waals surface area (Å²) in [5, 5.41) is 2.38. The van der Waals surface area contributed by atoms with Crippen LogP contribution in [-0.4, -0.2) is 16.9 Å². The van der Waals surface area contributed by atoms with Gasteiger partial charge in [0.25, 0.3) is 0 Å². The van der Waals surface area contributed by atoms with E-state index in [2.05, 4.69) is 4.98 Å². The third-order valence-corrected chi connectivity index (χ3v) is 5.44. The van der Waals surface area contributed by atoms with Crippen LogP contribution < -0.4 is 4.90 Å². The minimum atomic E-state index is -0.296. The van der Waals surface area contributed by atoms with Crippen molar-refractivity contribution >= 4 is 34.0 Å². The fourth-order valence-electron chi connectivity index (χ4n) is 3.13. The number of carbonyl (C=O) groups is 2. The van der Waals surface area contributed by atoms with E-state index < -0.39 is 0 Å². The molecule has 5 nitrogen and oxygen atoms in total. The molecule has 1 amide bonds. The molecule has 1 aromatic heterocycles. The van der Waals surface area contributed by atoms with E-state index in [9.17, 15) is 9.59 Å². The molecule has 150 valence electrons. The molecule has 0 saturated heterocycles. The molecule has 0 saturated carbocycles. The Labute approximate surface area is 175 Å². The number of carbonyl (C=O) groups excluding carboxylic acids is 2. The van der Waals surface area contributed by atoms with E-state index in [0.717, 1.165) is 16.8 Å². The number of aryl methyl sites for hydroxylation is 1. The molecular formula is C23H24N2O3S. The first-order valence-electron chi connectivity index (χ1n) is 9.53. The number of rotatable bonds is 7. The van der Waals surface area contributed by atoms with Crippen molar-refractivity contribution in [3.05, 3.63) is 76.8 Å². The number of hydrogen-bond acceptors (Lipinski definition) is 5. The molecule has 0 fully saturated rings. The smallest absolute Gasteiger partial charge is 0.313 e. The highest BCUT2D eigenvalue weighted by molar-refractivity contribution is 7.14. The highest BCUT2D eigenvalue weighted by atomic mass is 32.1. The Morgan fingerprint density at radius 2 is 1.90 bits per heavy atom. The molecule has 0 aliphatic heterocycles. The van der Waals surface area contributed by atoms with Crippen LogP contribution in [-0.2, 0) is 20.9 Å². The second kappa shape index (κ2) is 9.47. The van der Waals surface area contributed by atoms with Crippen molar-refractivity contribution in [3.8, 4) is 0 Å². The summed E-state index contributed by atoms with van der Waals surface area (Å²) in [6.07, 6.45) is 0.663. The lowest BCUT2D eigenvalue weighted by atomic mass is 9.97. The second-order valence-electron chi connectivity index (χ2n) is 6.79. The molecule has 1 atom stereocenters. The number of benzene rings is 2. The Bertz CT molecular complexity index is 985. The highest BCUT2D eigenvalue weighted by Crippen LogP contribution is 2.30. The molecule has 29 heavy (non-hydrogen) atoms. The molecule has 0 unspecified atom stereocenters. The average Bonchev–Trinajstić information content (AvgIpc) is 3.16. The standard InChI is InChI=1S/C23H24N2O3S/c1-4-21(18-10-6-5-7-11-18)22(27)28-14-19-15-29-23(24-19)25(17(3)26)20-12-8-9-16(2)13-20/h5-13,15,21H,4,14H2,1-3H3/t21-/m1/s1. The van der Waals surface area contributed by atoms with Crippen LogP contribution in [0.3, 0.4) is 0 Å². The molecule has 1 heterocycles. The van der Waals surface area contributed by atoms with E-state index in [1.165, 1.54) is 18.3 Å². The molecule has 0 aliphatic rings. The number of nitrogens with zero attached hydrogens (tertiary/aromatic N) is 2. The van der Waals surface area contributed by atoms with Gasteiger partial charge in [-0.25, -0.2) is 4.98 Å². The van der Waals surface area contributed by atoms with E-state index in [-0.39, 0.29) is 24.4 Å². The Kier molecular flexibility index (Phi) is 6.77. The normalized spacial score (nSPS) is 11.7. The maximum absolute atomic E-state index is 12.5. The molecule has 3 aromatic rings. The SMILES string of the molecule is CC[C@@H](C(=O)OCc1csc(N(C(C)=O)c2cccc(C)c2)n1)c1ccccc1. The molecular weight excluding hydrogens is 384 g/mol. The highest BCUT2D eigenvalue weighted by Gasteiger charge is 2.22. The van der Waals surface area contributed by atoms with Gasteiger partial charge in [0, 0.05) is 12.3 Å². The van der Waals surface area contributed by atoms with Crippen molar-refractivity contribution in [3.63, 3.8) is 0 Å². The Hall–Kier alpha value is -2.99. The predicted molar refractivity (Wildman–Crippen MR) is 115 cm³/mol. The molecule has 0 radical (unpaired) electrons. The Balaban J connectivity index is 1.71. The monoisotopic (exact) mass is 408 g/mol. The summed E-state index contributed by atoms with van der Waals surface area (Å²) < 4.78 is 5.52. The van der Waals surface area contributed by atoms with Gasteiger partial charge in [-0.3, -0.25) is 14.5 Å². The summed E-state index contributed by atoms with van der Waals surface area (Å²) in [5.41, 5.74) is 3.40. The minimum Gasteiger partial charge on any atom is -0.459 e. The van der Waals surface area contributed by atoms with Gasteiger partial charge in [-0.1, -0.05) is 49.4 Å². The van der Waals surface area contributed by atoms with Crippen molar-refractivity contribution in [1.29, 1.82) is 0 Å². The number of hydrogen-bond donors (Lipinski definition) is 0. The predicted octanol–water partition coefficient (Wildman–Crippen LogP) is 5.37. The van der Waals surface area contributed by atoms with Gasteiger partial charge in [-0.2, -0.15) is 0 Å². The first kappa shape index (κ1) is 20.7. The lowest BCUT2D eigenvalue weighted by molar-refractivity contribution is -0.147. The fourth-order valence-corrected chi connectivity index (χ4v) is 4.00. The van der Waals surface area contributed by atoms with Gasteiger partial charge in [0.05, 0.1) is 17.3 Å². The summed E-state index contributed by atoms with van der Waals surface area (Å²) in [7, 11) is 0. The third kappa shape index (κ3) is 5.09. The number of amides is 1. The number of esters is 1. The lowest BCUT2D eigenvalue weighted by Crippen LogP contribution is -2.22. The first-order chi connectivity index (χ1) is 14.0. The van der Waals surface area contributed by atoms with Gasteiger partial charge >= 0.3 is 5.97 Å². The van der Waals surface area contributed by atoms with Crippen molar-refractivity contribution < 1.29 is 14.3 Å². The molecule has 3 rings (SSSR count). The van der Waals surface area contributed by atoms with E-state index >= 15 is 0 Å². The Morgan fingerprint density at radius 3 is 2.55 bits per heavy atom. The molecule has 0 N–H and O–H groups in total. The summed E-state index contributed by atoms with van der Waals surface area (Å²) in [6.45, 7) is 5.53. The molecule has 0 spiro atoms. The zero-order chi connectivity index (χ0) is 20.8. The van der Waals surface area contributed by atoms with Gasteiger partial charge in [0.15, 0.2) is 5.13 Å². The van der Waals surface area contributed by atoms with Crippen LogP contribution in [0.15, 0.2) is 60.0 Å². The maximum atomic E-state index is 12.5. The second-order valence-corrected chi connectivity index (χ2v) is 7.63. The van der Waals surface area contributed by atoms with Gasteiger partial charge in [0.2, 0.25) is 5.91 Å². The number of anilines is 2. The van der Waals surface area contributed by atoms with Gasteiger partial charge < -0.3 is 4.74 Å². The van der Waals surface area contributed by atoms with Crippen LogP contribution in [0.4, 0.5) is 10.8 Å². The van der Waals surface area contributed by atoms with Crippen LogP contribution in [0.25, 0.3) is 0 Å². The number of aromatic nitrogens is 1. The minimum absolute atomic E-state index is 0.0816. The average molecular weight is 409 g/mol. The number of thiazole rings is 1. The van der Waals surface area contributed by atoms with Crippen molar-refractivity contribution in [2.45, 2.75) is 39.7 Å². The molecule has 0 bridgehead atoms. The first-order valence-corrected chi connectivity index (χ1v) is 10.4. The zero-order valence-corrected chi connectivity index (χ0v) is 17.6. The quantitative estimate of drug-likeness (QED) is 0.493. The van der Waals surface area contributed by atoms with Crippen LogP contribution in [0.2, 0.25) is 0 Å². The van der Waals surface area contributed by atoms with Crippen molar-refractivity contribution in [2.24, 2.45) is 0 Å². The van der Waals surface area contributed by atoms with E-state index in [1.54, 1.807) is 4.90 Å². The van der Waals surface area contributed by atoms with E-state index in [0.29, 0.717) is 17.2 Å². The van der Waals surface area contributed by atoms with Crippen LogP contribution in [0.1, 0.15) is 43.0 Å². The summed E-state index contributed by atoms with van der Waals surface area (Å²) >= 11 is 1.35. The molecule has 2 aromatic carbocycles. The third-order valence-electron chi connectivity index (χ3n) is 4.56. The summed E-state index contributed by atoms with van der Waals surface area (Å²) in [4.78, 5) is 30.9. The van der Waals surface area contributed by atoms with Gasteiger partial charge in [-0.05, 0) is 36.6 Å². The van der Waals surface area contributed by atoms with E-state index in [4.69, 9.17) is 4.74 Å². The van der Waals surface area contributed by atoms with Crippen molar-refractivity contribution in [2.75, 3.05) is 4.90 Å². The fraction of sp³-hybridized carbons (Fsp3) is 0.261. The summed E-state index contributed by atoms with van der Waals surface area (Å²) in [5.74, 6) is -0.686. The molecule has 0 aliphatic carbocycles. The van der Waals surface area contributed by atoms with Crippen LogP contribution in [0, 0.1) is 6.92 Å². The van der Waals surface area contributed by atoms with E-state index in [1.807, 2.05) is 73.8 Å². The Morgan fingerprint density at radius 1 is 1.14 bits per heavy atom. The van der Waals surface area contributed by atoms with Crippen LogP contribution >= 0.6 is 11.3 Å². The summed E-state index contributed by atoms with van der Waals surface area (Å²) in [6, 6.07) is 17.3. The largest absolute Gasteiger partial charge is 0.459 e. The van der Waals surface area contributed by atoms with Gasteiger partial charge in [0.1, 0.15) is 6.61 Å². The maximum Gasteiger partial charge on any atom is 0.313 e. The number of ether oxygens (including phenoxy) is 1. The zero-order valence-electron chi connectivity index (χ0n) is 16.8. The topological polar surface area (TPSA) is 59.5 Å². The lowest BCUT2D eigenvalue weighted by Gasteiger charge is -2.18. The van der Waals surface area contributed by atoms with Gasteiger partial charge in [-0.15, -0.1) is 11.3 Å². The van der Waals surface area contributed by atoms with Crippen LogP contribution in [0.5, 0.6) is 0 Å².